The predicted octanol–water partition coefficient (Wildman–Crippen LogP) is 3.23. The average Bonchev–Trinajstić information content (AvgIpc) is 3.14. The lowest BCUT2D eigenvalue weighted by Gasteiger charge is -2.32. The molecule has 172 valence electrons. The van der Waals surface area contributed by atoms with E-state index in [2.05, 4.69) is 65.6 Å². The molecule has 3 aliphatic heterocycles. The Hall–Kier alpha value is -2.60. The molecule has 3 aliphatic rings. The molecule has 1 aromatic carbocycles. The summed E-state index contributed by atoms with van der Waals surface area (Å²) in [7, 11) is 0. The number of likely N-dealkylation sites (tertiary alicyclic amines) is 1. The standard InChI is InChI=1S/C26H36N4O2/c1-19-6-5-12-27-24(28-13-9-19)25(31)29-17-20-10-14-30(15-11-20)18-22-8-4-7-21-16-26(2,3)32-23(21)22/h4-9,20H,10-18H2,1-3H3,(H,27,28)(H,29,31)/b6-5-,19-9-. The number of aliphatic imine (C=N–C) groups is 1. The first-order chi connectivity index (χ1) is 15.4. The minimum absolute atomic E-state index is 0.103. The van der Waals surface area contributed by atoms with Gasteiger partial charge in [-0.3, -0.25) is 14.7 Å². The zero-order valence-corrected chi connectivity index (χ0v) is 19.6. The zero-order valence-electron chi connectivity index (χ0n) is 19.6. The van der Waals surface area contributed by atoms with Gasteiger partial charge in [0.1, 0.15) is 11.4 Å². The van der Waals surface area contributed by atoms with Crippen LogP contribution in [0.5, 0.6) is 5.75 Å². The van der Waals surface area contributed by atoms with Crippen molar-refractivity contribution in [2.45, 2.75) is 52.2 Å². The van der Waals surface area contributed by atoms with Crippen LogP contribution in [0, 0.1) is 5.92 Å². The fourth-order valence-electron chi connectivity index (χ4n) is 4.68. The molecule has 0 saturated carbocycles. The van der Waals surface area contributed by atoms with Crippen LogP contribution in [0.2, 0.25) is 0 Å². The van der Waals surface area contributed by atoms with E-state index in [1.54, 1.807) is 0 Å². The second kappa shape index (κ2) is 9.90. The molecule has 1 fully saturated rings. The summed E-state index contributed by atoms with van der Waals surface area (Å²) in [6.07, 6.45) is 9.24. The summed E-state index contributed by atoms with van der Waals surface area (Å²) in [4.78, 5) is 19.5. The van der Waals surface area contributed by atoms with Gasteiger partial charge in [0.15, 0.2) is 5.84 Å². The van der Waals surface area contributed by atoms with Gasteiger partial charge in [0.25, 0.3) is 5.91 Å². The zero-order chi connectivity index (χ0) is 22.6. The minimum Gasteiger partial charge on any atom is -0.487 e. The molecular formula is C26H36N4O2. The quantitative estimate of drug-likeness (QED) is 0.744. The van der Waals surface area contributed by atoms with Gasteiger partial charge in [0, 0.05) is 31.6 Å². The molecular weight excluding hydrogens is 400 g/mol. The molecule has 1 aromatic rings. The van der Waals surface area contributed by atoms with E-state index >= 15 is 0 Å². The van der Waals surface area contributed by atoms with Crippen molar-refractivity contribution in [1.29, 1.82) is 0 Å². The van der Waals surface area contributed by atoms with Crippen LogP contribution in [0.1, 0.15) is 44.7 Å². The maximum absolute atomic E-state index is 12.6. The van der Waals surface area contributed by atoms with Crippen LogP contribution in [0.25, 0.3) is 0 Å². The summed E-state index contributed by atoms with van der Waals surface area (Å²) in [5, 5.41) is 6.24. The molecule has 0 aliphatic carbocycles. The highest BCUT2D eigenvalue weighted by molar-refractivity contribution is 6.37. The Morgan fingerprint density at radius 3 is 2.94 bits per heavy atom. The molecule has 1 saturated heterocycles. The van der Waals surface area contributed by atoms with Gasteiger partial charge in [-0.2, -0.15) is 0 Å². The van der Waals surface area contributed by atoms with E-state index in [1.807, 2.05) is 12.2 Å². The topological polar surface area (TPSA) is 66.0 Å². The van der Waals surface area contributed by atoms with Crippen molar-refractivity contribution in [3.63, 3.8) is 0 Å². The van der Waals surface area contributed by atoms with Crippen molar-refractivity contribution in [1.82, 2.24) is 15.5 Å². The van der Waals surface area contributed by atoms with Gasteiger partial charge in [0.05, 0.1) is 6.54 Å². The lowest BCUT2D eigenvalue weighted by molar-refractivity contribution is -0.115. The van der Waals surface area contributed by atoms with Crippen molar-refractivity contribution in [2.75, 3.05) is 32.7 Å². The highest BCUT2D eigenvalue weighted by atomic mass is 16.5. The number of rotatable bonds is 5. The monoisotopic (exact) mass is 436 g/mol. The fraction of sp³-hybridized carbons (Fsp3) is 0.538. The summed E-state index contributed by atoms with van der Waals surface area (Å²) in [6.45, 7) is 11.2. The maximum atomic E-state index is 12.6. The number of hydrogen-bond acceptors (Lipinski definition) is 5. The molecule has 2 N–H and O–H groups in total. The van der Waals surface area contributed by atoms with E-state index in [1.165, 1.54) is 16.7 Å². The first-order valence-electron chi connectivity index (χ1n) is 11.8. The molecule has 4 rings (SSSR count). The number of nitrogens with one attached hydrogen (secondary N) is 2. The average molecular weight is 437 g/mol. The lowest BCUT2D eigenvalue weighted by Crippen LogP contribution is -2.44. The molecule has 1 amide bonds. The Kier molecular flexibility index (Phi) is 6.99. The van der Waals surface area contributed by atoms with Gasteiger partial charge in [-0.05, 0) is 58.2 Å². The molecule has 0 aromatic heterocycles. The number of amidine groups is 1. The highest BCUT2D eigenvalue weighted by Crippen LogP contribution is 2.38. The normalized spacial score (nSPS) is 23.8. The van der Waals surface area contributed by atoms with Crippen molar-refractivity contribution in [2.24, 2.45) is 10.9 Å². The Bertz CT molecular complexity index is 924. The summed E-state index contributed by atoms with van der Waals surface area (Å²) in [6, 6.07) is 6.54. The first kappa shape index (κ1) is 22.6. The number of nitrogens with zero attached hydrogens (tertiary/aromatic N) is 2. The van der Waals surface area contributed by atoms with Crippen LogP contribution < -0.4 is 15.4 Å². The van der Waals surface area contributed by atoms with E-state index in [9.17, 15) is 4.79 Å². The van der Waals surface area contributed by atoms with Crippen LogP contribution in [-0.4, -0.2) is 55.0 Å². The van der Waals surface area contributed by atoms with Gasteiger partial charge >= 0.3 is 0 Å². The second-order valence-corrected chi connectivity index (χ2v) is 9.79. The number of fused-ring (bicyclic) bond motifs is 1. The van der Waals surface area contributed by atoms with Crippen LogP contribution >= 0.6 is 0 Å². The predicted molar refractivity (Wildman–Crippen MR) is 129 cm³/mol. The third kappa shape index (κ3) is 5.80. The minimum atomic E-state index is -0.107. The van der Waals surface area contributed by atoms with E-state index < -0.39 is 0 Å². The number of carbonyl (C=O) groups excluding carboxylic acids is 1. The van der Waals surface area contributed by atoms with Gasteiger partial charge in [-0.1, -0.05) is 42.0 Å². The van der Waals surface area contributed by atoms with E-state index in [-0.39, 0.29) is 11.5 Å². The highest BCUT2D eigenvalue weighted by Gasteiger charge is 2.32. The number of para-hydroxylation sites is 1. The SMILES string of the molecule is CC1=C/CNC(C(=O)NCC2CCN(Cc3cccc4c3OC(C)(C)C4)CC2)=NC/C=C\1. The van der Waals surface area contributed by atoms with E-state index in [4.69, 9.17) is 4.74 Å². The van der Waals surface area contributed by atoms with Crippen LogP contribution in [0.3, 0.4) is 0 Å². The van der Waals surface area contributed by atoms with Gasteiger partial charge in [0.2, 0.25) is 0 Å². The first-order valence-corrected chi connectivity index (χ1v) is 11.8. The fourth-order valence-corrected chi connectivity index (χ4v) is 4.68. The summed E-state index contributed by atoms with van der Waals surface area (Å²) < 4.78 is 6.24. The van der Waals surface area contributed by atoms with Crippen molar-refractivity contribution in [3.05, 3.63) is 53.1 Å². The third-order valence-corrected chi connectivity index (χ3v) is 6.47. The maximum Gasteiger partial charge on any atom is 0.286 e. The molecule has 3 heterocycles. The van der Waals surface area contributed by atoms with E-state index in [0.717, 1.165) is 44.6 Å². The molecule has 0 bridgehead atoms. The summed E-state index contributed by atoms with van der Waals surface area (Å²) in [5.41, 5.74) is 3.69. The number of carbonyl (C=O) groups is 1. The van der Waals surface area contributed by atoms with Crippen LogP contribution in [0.15, 0.2) is 47.0 Å². The Morgan fingerprint density at radius 1 is 1.31 bits per heavy atom. The summed E-state index contributed by atoms with van der Waals surface area (Å²) >= 11 is 0. The molecule has 6 nitrogen and oxygen atoms in total. The Morgan fingerprint density at radius 2 is 2.12 bits per heavy atom. The Labute approximate surface area is 191 Å². The molecule has 0 atom stereocenters. The second-order valence-electron chi connectivity index (χ2n) is 9.79. The largest absolute Gasteiger partial charge is 0.487 e. The lowest BCUT2D eigenvalue weighted by atomic mass is 9.96. The van der Waals surface area contributed by atoms with Gasteiger partial charge < -0.3 is 15.4 Å². The number of hydrogen-bond donors (Lipinski definition) is 2. The van der Waals surface area contributed by atoms with Crippen LogP contribution in [-0.2, 0) is 17.8 Å². The molecule has 0 radical (unpaired) electrons. The van der Waals surface area contributed by atoms with Crippen molar-refractivity contribution >= 4 is 11.7 Å². The number of piperidine rings is 1. The van der Waals surface area contributed by atoms with Crippen LogP contribution in [0.4, 0.5) is 0 Å². The smallest absolute Gasteiger partial charge is 0.286 e. The molecule has 32 heavy (non-hydrogen) atoms. The van der Waals surface area contributed by atoms with E-state index in [0.29, 0.717) is 31.4 Å². The van der Waals surface area contributed by atoms with Crippen molar-refractivity contribution < 1.29 is 9.53 Å². The molecule has 6 heteroatoms. The molecule has 0 unspecified atom stereocenters. The Balaban J connectivity index is 1.23. The van der Waals surface area contributed by atoms with Gasteiger partial charge in [-0.25, -0.2) is 0 Å². The number of benzene rings is 1. The van der Waals surface area contributed by atoms with Crippen molar-refractivity contribution in [3.8, 4) is 5.75 Å². The number of allylic oxidation sites excluding steroid dienone is 2. The third-order valence-electron chi connectivity index (χ3n) is 6.47. The molecule has 0 spiro atoms. The number of amides is 1. The summed E-state index contributed by atoms with van der Waals surface area (Å²) in [5.74, 6) is 1.92. The number of ether oxygens (including phenoxy) is 1. The van der Waals surface area contributed by atoms with Gasteiger partial charge in [-0.15, -0.1) is 0 Å².